The average Bonchev–Trinajstić information content (AvgIpc) is 2.14. The molecule has 0 heterocycles. The van der Waals surface area contributed by atoms with Gasteiger partial charge in [0.2, 0.25) is 5.91 Å². The highest BCUT2D eigenvalue weighted by atomic mass is 16.2. The van der Waals surface area contributed by atoms with Gasteiger partial charge < -0.3 is 11.5 Å². The third kappa shape index (κ3) is 4.12. The first-order chi connectivity index (χ1) is 7.08. The number of benzene rings is 1. The SMILES string of the molecule is NC(=O)NC(=O)CCc1cccc(N)c1. The van der Waals surface area contributed by atoms with Crippen LogP contribution in [0.15, 0.2) is 24.3 Å². The van der Waals surface area contributed by atoms with E-state index in [1.54, 1.807) is 12.1 Å². The smallest absolute Gasteiger partial charge is 0.318 e. The summed E-state index contributed by atoms with van der Waals surface area (Å²) in [6, 6.07) is 6.42. The molecule has 5 nitrogen and oxygen atoms in total. The van der Waals surface area contributed by atoms with Gasteiger partial charge in [-0.05, 0) is 24.1 Å². The fourth-order valence-corrected chi connectivity index (χ4v) is 1.21. The molecule has 0 bridgehead atoms. The van der Waals surface area contributed by atoms with Gasteiger partial charge in [-0.2, -0.15) is 0 Å². The minimum atomic E-state index is -0.826. The van der Waals surface area contributed by atoms with Gasteiger partial charge in [-0.25, -0.2) is 4.79 Å². The van der Waals surface area contributed by atoms with Crippen LogP contribution < -0.4 is 16.8 Å². The second-order valence-electron chi connectivity index (χ2n) is 3.16. The van der Waals surface area contributed by atoms with Crippen molar-refractivity contribution in [2.45, 2.75) is 12.8 Å². The summed E-state index contributed by atoms with van der Waals surface area (Å²) in [6.45, 7) is 0. The quantitative estimate of drug-likeness (QED) is 0.625. The number of hydrogen-bond donors (Lipinski definition) is 3. The third-order valence-electron chi connectivity index (χ3n) is 1.85. The normalized spacial score (nSPS) is 9.60. The Morgan fingerprint density at radius 1 is 1.33 bits per heavy atom. The number of nitrogens with two attached hydrogens (primary N) is 2. The number of imide groups is 1. The number of amides is 3. The molecule has 5 N–H and O–H groups in total. The van der Waals surface area contributed by atoms with Gasteiger partial charge in [0.25, 0.3) is 0 Å². The van der Waals surface area contributed by atoms with E-state index < -0.39 is 6.03 Å². The number of primary amides is 1. The molecule has 0 radical (unpaired) electrons. The number of nitrogen functional groups attached to an aromatic ring is 1. The van der Waals surface area contributed by atoms with Gasteiger partial charge in [-0.1, -0.05) is 12.1 Å². The second-order valence-corrected chi connectivity index (χ2v) is 3.16. The average molecular weight is 207 g/mol. The van der Waals surface area contributed by atoms with Crippen LogP contribution in [0.4, 0.5) is 10.5 Å². The number of urea groups is 1. The van der Waals surface area contributed by atoms with E-state index in [2.05, 4.69) is 0 Å². The summed E-state index contributed by atoms with van der Waals surface area (Å²) < 4.78 is 0. The fraction of sp³-hybridized carbons (Fsp3) is 0.200. The summed E-state index contributed by atoms with van der Waals surface area (Å²) >= 11 is 0. The predicted molar refractivity (Wildman–Crippen MR) is 56.9 cm³/mol. The van der Waals surface area contributed by atoms with Gasteiger partial charge >= 0.3 is 6.03 Å². The van der Waals surface area contributed by atoms with Gasteiger partial charge in [-0.15, -0.1) is 0 Å². The number of anilines is 1. The molecular formula is C10H13N3O2. The van der Waals surface area contributed by atoms with Crippen LogP contribution in [0.1, 0.15) is 12.0 Å². The van der Waals surface area contributed by atoms with Gasteiger partial charge in [-0.3, -0.25) is 10.1 Å². The first-order valence-electron chi connectivity index (χ1n) is 4.51. The fourth-order valence-electron chi connectivity index (χ4n) is 1.21. The molecular weight excluding hydrogens is 194 g/mol. The monoisotopic (exact) mass is 207 g/mol. The zero-order chi connectivity index (χ0) is 11.3. The molecule has 0 aliphatic heterocycles. The van der Waals surface area contributed by atoms with Gasteiger partial charge in [0.1, 0.15) is 0 Å². The molecule has 1 rings (SSSR count). The molecule has 3 amide bonds. The highest BCUT2D eigenvalue weighted by Gasteiger charge is 2.04. The zero-order valence-electron chi connectivity index (χ0n) is 8.19. The number of aryl methyl sites for hydroxylation is 1. The minimum absolute atomic E-state index is 0.215. The maximum atomic E-state index is 11.1. The van der Waals surface area contributed by atoms with Crippen molar-refractivity contribution in [1.29, 1.82) is 0 Å². The number of nitrogens with one attached hydrogen (secondary N) is 1. The standard InChI is InChI=1S/C10H13N3O2/c11-8-3-1-2-7(6-8)4-5-9(14)13-10(12)15/h1-3,6H,4-5,11H2,(H3,12,13,14,15). The van der Waals surface area contributed by atoms with Crippen LogP contribution in [0, 0.1) is 0 Å². The Kier molecular flexibility index (Phi) is 3.68. The summed E-state index contributed by atoms with van der Waals surface area (Å²) in [6.07, 6.45) is 0.747. The molecule has 5 heteroatoms. The van der Waals surface area contributed by atoms with E-state index in [4.69, 9.17) is 11.5 Å². The second kappa shape index (κ2) is 4.99. The Bertz CT molecular complexity index is 377. The molecule has 0 saturated heterocycles. The van der Waals surface area contributed by atoms with E-state index in [9.17, 15) is 9.59 Å². The van der Waals surface area contributed by atoms with Crippen molar-refractivity contribution in [3.8, 4) is 0 Å². The van der Waals surface area contributed by atoms with Crippen molar-refractivity contribution >= 4 is 17.6 Å². The summed E-state index contributed by atoms with van der Waals surface area (Å²) in [5.74, 6) is -0.384. The summed E-state index contributed by atoms with van der Waals surface area (Å²) in [5.41, 5.74) is 12.0. The highest BCUT2D eigenvalue weighted by Crippen LogP contribution is 2.08. The lowest BCUT2D eigenvalue weighted by molar-refractivity contribution is -0.119. The molecule has 80 valence electrons. The van der Waals surface area contributed by atoms with Gasteiger partial charge in [0.05, 0.1) is 0 Å². The van der Waals surface area contributed by atoms with E-state index in [0.29, 0.717) is 12.1 Å². The highest BCUT2D eigenvalue weighted by molar-refractivity contribution is 5.93. The van der Waals surface area contributed by atoms with Crippen LogP contribution >= 0.6 is 0 Å². The summed E-state index contributed by atoms with van der Waals surface area (Å²) in [7, 11) is 0. The first kappa shape index (κ1) is 11.0. The Labute approximate surface area is 87.4 Å². The zero-order valence-corrected chi connectivity index (χ0v) is 8.19. The molecule has 0 atom stereocenters. The maximum absolute atomic E-state index is 11.1. The lowest BCUT2D eigenvalue weighted by Crippen LogP contribution is -2.35. The largest absolute Gasteiger partial charge is 0.399 e. The molecule has 1 aromatic rings. The molecule has 0 aromatic heterocycles. The molecule has 15 heavy (non-hydrogen) atoms. The Morgan fingerprint density at radius 2 is 2.07 bits per heavy atom. The lowest BCUT2D eigenvalue weighted by atomic mass is 10.1. The van der Waals surface area contributed by atoms with E-state index in [-0.39, 0.29) is 12.3 Å². The van der Waals surface area contributed by atoms with Crippen LogP contribution in [0.3, 0.4) is 0 Å². The van der Waals surface area contributed by atoms with Gasteiger partial charge in [0.15, 0.2) is 0 Å². The van der Waals surface area contributed by atoms with Crippen LogP contribution in [-0.4, -0.2) is 11.9 Å². The maximum Gasteiger partial charge on any atom is 0.318 e. The van der Waals surface area contributed by atoms with Crippen molar-refractivity contribution in [3.05, 3.63) is 29.8 Å². The summed E-state index contributed by atoms with van der Waals surface area (Å²) in [5, 5.41) is 2.00. The first-order valence-corrected chi connectivity index (χ1v) is 4.51. The number of hydrogen-bond acceptors (Lipinski definition) is 3. The molecule has 0 aliphatic carbocycles. The Hall–Kier alpha value is -2.04. The number of rotatable bonds is 3. The minimum Gasteiger partial charge on any atom is -0.399 e. The number of carbonyl (C=O) groups excluding carboxylic acids is 2. The lowest BCUT2D eigenvalue weighted by Gasteiger charge is -2.02. The van der Waals surface area contributed by atoms with E-state index in [0.717, 1.165) is 5.56 Å². The number of carbonyl (C=O) groups is 2. The van der Waals surface area contributed by atoms with Crippen molar-refractivity contribution in [3.63, 3.8) is 0 Å². The molecule has 0 saturated carbocycles. The van der Waals surface area contributed by atoms with Crippen molar-refractivity contribution in [2.24, 2.45) is 5.73 Å². The van der Waals surface area contributed by atoms with Crippen LogP contribution in [0.5, 0.6) is 0 Å². The summed E-state index contributed by atoms with van der Waals surface area (Å²) in [4.78, 5) is 21.4. The van der Waals surface area contributed by atoms with Crippen molar-refractivity contribution < 1.29 is 9.59 Å². The van der Waals surface area contributed by atoms with Crippen LogP contribution in [0.2, 0.25) is 0 Å². The van der Waals surface area contributed by atoms with E-state index in [1.165, 1.54) is 0 Å². The predicted octanol–water partition coefficient (Wildman–Crippen LogP) is 0.396. The van der Waals surface area contributed by atoms with Crippen molar-refractivity contribution in [2.75, 3.05) is 5.73 Å². The van der Waals surface area contributed by atoms with Crippen LogP contribution in [0.25, 0.3) is 0 Å². The Morgan fingerprint density at radius 3 is 2.67 bits per heavy atom. The molecule has 1 aromatic carbocycles. The Balaban J connectivity index is 2.43. The van der Waals surface area contributed by atoms with E-state index in [1.807, 2.05) is 17.4 Å². The van der Waals surface area contributed by atoms with Crippen LogP contribution in [-0.2, 0) is 11.2 Å². The van der Waals surface area contributed by atoms with E-state index >= 15 is 0 Å². The topological polar surface area (TPSA) is 98.2 Å². The molecule has 0 spiro atoms. The van der Waals surface area contributed by atoms with Crippen molar-refractivity contribution in [1.82, 2.24) is 5.32 Å². The molecule has 0 unspecified atom stereocenters. The molecule has 0 aliphatic rings. The van der Waals surface area contributed by atoms with Gasteiger partial charge in [0, 0.05) is 12.1 Å². The third-order valence-corrected chi connectivity index (χ3v) is 1.85. The molecule has 0 fully saturated rings.